The molecule has 1 aliphatic heterocycles. The fraction of sp³-hybridized carbons (Fsp3) is 0.714. The van der Waals surface area contributed by atoms with Crippen LogP contribution in [0.2, 0.25) is 0 Å². The largest absolute Gasteiger partial charge is 0.460 e. The third-order valence-electron chi connectivity index (χ3n) is 2.87. The molecule has 0 aliphatic carbocycles. The van der Waals surface area contributed by atoms with Crippen LogP contribution in [0.4, 0.5) is 4.79 Å². The Kier molecular flexibility index (Phi) is 5.62. The van der Waals surface area contributed by atoms with Crippen LogP contribution in [0, 0.1) is 0 Å². The van der Waals surface area contributed by atoms with E-state index in [0.717, 1.165) is 0 Å². The topological polar surface area (TPSA) is 64.6 Å². The van der Waals surface area contributed by atoms with Gasteiger partial charge in [-0.05, 0) is 27.2 Å². The predicted octanol–water partition coefficient (Wildman–Crippen LogP) is 2.93. The van der Waals surface area contributed by atoms with Crippen molar-refractivity contribution in [3.05, 3.63) is 12.7 Å². The summed E-state index contributed by atoms with van der Waals surface area (Å²) in [5.74, 6) is -0.338. The summed E-state index contributed by atoms with van der Waals surface area (Å²) in [5, 5.41) is 3.29. The van der Waals surface area contributed by atoms with Gasteiger partial charge in [-0.3, -0.25) is 4.79 Å². The molecular formula is C14H22BrNO4. The van der Waals surface area contributed by atoms with Gasteiger partial charge in [0.2, 0.25) is 0 Å². The lowest BCUT2D eigenvalue weighted by atomic mass is 9.84. The maximum Gasteiger partial charge on any atom is 0.407 e. The van der Waals surface area contributed by atoms with Crippen LogP contribution in [0.5, 0.6) is 0 Å². The van der Waals surface area contributed by atoms with Crippen LogP contribution in [-0.2, 0) is 14.3 Å². The third-order valence-corrected chi connectivity index (χ3v) is 3.59. The number of amides is 1. The minimum Gasteiger partial charge on any atom is -0.460 e. The van der Waals surface area contributed by atoms with Crippen molar-refractivity contribution in [2.24, 2.45) is 0 Å². The zero-order valence-corrected chi connectivity index (χ0v) is 13.8. The van der Waals surface area contributed by atoms with Crippen LogP contribution in [0.15, 0.2) is 12.7 Å². The molecule has 1 aliphatic rings. The minimum absolute atomic E-state index is 0.106. The highest BCUT2D eigenvalue weighted by Crippen LogP contribution is 2.29. The molecule has 1 heterocycles. The molecule has 0 saturated carbocycles. The number of cyclic esters (lactones) is 1. The zero-order chi connectivity index (χ0) is 15.4. The van der Waals surface area contributed by atoms with Crippen LogP contribution in [0.3, 0.4) is 0 Å². The summed E-state index contributed by atoms with van der Waals surface area (Å²) >= 11 is 3.31. The zero-order valence-electron chi connectivity index (χ0n) is 12.2. The van der Waals surface area contributed by atoms with E-state index in [0.29, 0.717) is 18.2 Å². The van der Waals surface area contributed by atoms with Gasteiger partial charge in [-0.15, -0.1) is 6.58 Å². The molecule has 0 aromatic rings. The lowest BCUT2D eigenvalue weighted by Crippen LogP contribution is -2.57. The van der Waals surface area contributed by atoms with Gasteiger partial charge < -0.3 is 14.8 Å². The summed E-state index contributed by atoms with van der Waals surface area (Å²) in [6.07, 6.45) is 2.06. The molecule has 2 atom stereocenters. The maximum atomic E-state index is 12.0. The molecule has 114 valence electrons. The Morgan fingerprint density at radius 3 is 2.80 bits per heavy atom. The molecule has 1 N–H and O–H groups in total. The average molecular weight is 348 g/mol. The van der Waals surface area contributed by atoms with Crippen molar-refractivity contribution in [1.29, 1.82) is 0 Å². The van der Waals surface area contributed by atoms with E-state index < -0.39 is 17.2 Å². The number of ether oxygens (including phenoxy) is 2. The molecular weight excluding hydrogens is 326 g/mol. The third kappa shape index (κ3) is 5.15. The summed E-state index contributed by atoms with van der Waals surface area (Å²) < 4.78 is 10.5. The van der Waals surface area contributed by atoms with Crippen molar-refractivity contribution in [1.82, 2.24) is 5.32 Å². The Hall–Kier alpha value is -1.04. The fourth-order valence-electron chi connectivity index (χ4n) is 2.26. The summed E-state index contributed by atoms with van der Waals surface area (Å²) in [4.78, 5) is 23.7. The SMILES string of the molecule is C=CCC1(CC(=O)OC(C)(C)C)CC(CBr)OC(=O)N1. The van der Waals surface area contributed by atoms with Gasteiger partial charge in [0.1, 0.15) is 11.7 Å². The number of hydrogen-bond donors (Lipinski definition) is 1. The molecule has 1 fully saturated rings. The first-order chi connectivity index (χ1) is 9.19. The normalized spacial score (nSPS) is 26.4. The fourth-order valence-corrected chi connectivity index (χ4v) is 2.63. The average Bonchev–Trinajstić information content (AvgIpc) is 2.24. The van der Waals surface area contributed by atoms with E-state index in [-0.39, 0.29) is 18.5 Å². The second-order valence-electron chi connectivity index (χ2n) is 6.05. The predicted molar refractivity (Wildman–Crippen MR) is 79.8 cm³/mol. The highest BCUT2D eigenvalue weighted by molar-refractivity contribution is 9.09. The molecule has 2 unspecified atom stereocenters. The van der Waals surface area contributed by atoms with Crippen molar-refractivity contribution in [2.45, 2.75) is 57.3 Å². The van der Waals surface area contributed by atoms with Crippen molar-refractivity contribution in [3.8, 4) is 0 Å². The van der Waals surface area contributed by atoms with Crippen LogP contribution in [0.25, 0.3) is 0 Å². The number of nitrogens with one attached hydrogen (secondary N) is 1. The van der Waals surface area contributed by atoms with E-state index in [4.69, 9.17) is 9.47 Å². The van der Waals surface area contributed by atoms with Crippen molar-refractivity contribution >= 4 is 28.0 Å². The Morgan fingerprint density at radius 2 is 2.30 bits per heavy atom. The monoisotopic (exact) mass is 347 g/mol. The van der Waals surface area contributed by atoms with Crippen LogP contribution < -0.4 is 5.32 Å². The van der Waals surface area contributed by atoms with Crippen molar-refractivity contribution in [3.63, 3.8) is 0 Å². The van der Waals surface area contributed by atoms with Crippen LogP contribution in [0.1, 0.15) is 40.0 Å². The maximum absolute atomic E-state index is 12.0. The number of halogens is 1. The minimum atomic E-state index is -0.683. The van der Waals surface area contributed by atoms with E-state index in [1.807, 2.05) is 20.8 Å². The first-order valence-electron chi connectivity index (χ1n) is 6.57. The molecule has 20 heavy (non-hydrogen) atoms. The Morgan fingerprint density at radius 1 is 1.65 bits per heavy atom. The Bertz CT molecular complexity index is 391. The van der Waals surface area contributed by atoms with Gasteiger partial charge in [0, 0.05) is 11.8 Å². The number of hydrogen-bond acceptors (Lipinski definition) is 4. The number of alkyl carbamates (subject to hydrolysis) is 1. The van der Waals surface area contributed by atoms with Gasteiger partial charge in [-0.1, -0.05) is 22.0 Å². The van der Waals surface area contributed by atoms with Crippen LogP contribution >= 0.6 is 15.9 Å². The van der Waals surface area contributed by atoms with E-state index in [9.17, 15) is 9.59 Å². The molecule has 0 bridgehead atoms. The van der Waals surface area contributed by atoms with E-state index in [1.54, 1.807) is 6.08 Å². The molecule has 0 aromatic heterocycles. The lowest BCUT2D eigenvalue weighted by molar-refractivity contribution is -0.157. The van der Waals surface area contributed by atoms with E-state index in [2.05, 4.69) is 27.8 Å². The van der Waals surface area contributed by atoms with Crippen molar-refractivity contribution < 1.29 is 19.1 Å². The molecule has 1 saturated heterocycles. The van der Waals surface area contributed by atoms with Gasteiger partial charge in [-0.2, -0.15) is 0 Å². The quantitative estimate of drug-likeness (QED) is 0.471. The summed E-state index contributed by atoms with van der Waals surface area (Å²) in [6, 6.07) is 0. The van der Waals surface area contributed by atoms with Gasteiger partial charge in [0.25, 0.3) is 0 Å². The number of alkyl halides is 1. The van der Waals surface area contributed by atoms with Gasteiger partial charge >= 0.3 is 12.1 Å². The highest BCUT2D eigenvalue weighted by atomic mass is 79.9. The van der Waals surface area contributed by atoms with Gasteiger partial charge in [0.15, 0.2) is 0 Å². The number of carbonyl (C=O) groups excluding carboxylic acids is 2. The van der Waals surface area contributed by atoms with E-state index >= 15 is 0 Å². The molecule has 0 spiro atoms. The summed E-state index contributed by atoms with van der Waals surface area (Å²) in [5.41, 5.74) is -1.23. The second kappa shape index (κ2) is 6.61. The molecule has 6 heteroatoms. The van der Waals surface area contributed by atoms with Gasteiger partial charge in [-0.25, -0.2) is 4.79 Å². The summed E-state index contributed by atoms with van der Waals surface area (Å²) in [6.45, 7) is 9.14. The number of rotatable bonds is 5. The molecule has 5 nitrogen and oxygen atoms in total. The Labute approximate surface area is 128 Å². The number of esters is 1. The molecule has 0 aromatic carbocycles. The molecule has 0 radical (unpaired) electrons. The molecule has 1 amide bonds. The van der Waals surface area contributed by atoms with E-state index in [1.165, 1.54) is 0 Å². The van der Waals surface area contributed by atoms with Gasteiger partial charge in [0.05, 0.1) is 12.0 Å². The van der Waals surface area contributed by atoms with Crippen LogP contribution in [-0.4, -0.2) is 34.6 Å². The number of carbonyl (C=O) groups is 2. The molecule has 1 rings (SSSR count). The van der Waals surface area contributed by atoms with Crippen molar-refractivity contribution in [2.75, 3.05) is 5.33 Å². The smallest absolute Gasteiger partial charge is 0.407 e. The summed E-state index contributed by atoms with van der Waals surface area (Å²) in [7, 11) is 0. The first kappa shape index (κ1) is 17.0. The highest BCUT2D eigenvalue weighted by Gasteiger charge is 2.42. The first-order valence-corrected chi connectivity index (χ1v) is 7.69. The lowest BCUT2D eigenvalue weighted by Gasteiger charge is -2.40. The Balaban J connectivity index is 2.83. The second-order valence-corrected chi connectivity index (χ2v) is 6.69. The standard InChI is InChI=1S/C14H22BrNO4/c1-5-6-14(8-11(17)20-13(2,3)4)7-10(9-15)19-12(18)16-14/h5,10H,1,6-9H2,2-4H3,(H,16,18).